The van der Waals surface area contributed by atoms with Crippen molar-refractivity contribution in [2.45, 2.75) is 57.8 Å². The van der Waals surface area contributed by atoms with E-state index in [-0.39, 0.29) is 0 Å². The van der Waals surface area contributed by atoms with Gasteiger partial charge in [0.1, 0.15) is 6.61 Å². The number of nitrogens with one attached hydrogen (secondary N) is 1. The molecule has 0 aliphatic heterocycles. The topological polar surface area (TPSA) is 64.9 Å². The highest BCUT2D eigenvalue weighted by atomic mass is 16.5. The van der Waals surface area contributed by atoms with Crippen molar-refractivity contribution in [1.29, 1.82) is 0 Å². The summed E-state index contributed by atoms with van der Waals surface area (Å²) in [6.45, 7) is 3.81. The second-order valence-corrected chi connectivity index (χ2v) is 4.93. The van der Waals surface area contributed by atoms with E-state index in [0.717, 1.165) is 19.4 Å². The van der Waals surface area contributed by atoms with Crippen molar-refractivity contribution in [3.63, 3.8) is 0 Å². The summed E-state index contributed by atoms with van der Waals surface area (Å²) in [4.78, 5) is 1.46. The summed E-state index contributed by atoms with van der Waals surface area (Å²) in [7, 11) is 1.76. The SMILES string of the molecule is CCCNC1CCC(OCc2nnn(C)n2)CC1. The van der Waals surface area contributed by atoms with E-state index in [1.807, 2.05) is 0 Å². The molecule has 0 aromatic carbocycles. The van der Waals surface area contributed by atoms with Gasteiger partial charge in [0.25, 0.3) is 0 Å². The molecule has 1 saturated carbocycles. The third-order valence-corrected chi connectivity index (χ3v) is 3.36. The van der Waals surface area contributed by atoms with Crippen LogP contribution < -0.4 is 5.32 Å². The smallest absolute Gasteiger partial charge is 0.200 e. The number of nitrogens with zero attached hydrogens (tertiary/aromatic N) is 4. The van der Waals surface area contributed by atoms with Crippen molar-refractivity contribution in [3.05, 3.63) is 5.82 Å². The largest absolute Gasteiger partial charge is 0.370 e. The molecule has 0 spiro atoms. The molecule has 1 heterocycles. The number of aryl methyl sites for hydroxylation is 1. The molecule has 102 valence electrons. The van der Waals surface area contributed by atoms with Gasteiger partial charge in [0.05, 0.1) is 13.2 Å². The van der Waals surface area contributed by atoms with Gasteiger partial charge in [-0.3, -0.25) is 0 Å². The van der Waals surface area contributed by atoms with Crippen LogP contribution in [0, 0.1) is 0 Å². The highest BCUT2D eigenvalue weighted by Gasteiger charge is 2.21. The summed E-state index contributed by atoms with van der Waals surface area (Å²) in [5.41, 5.74) is 0. The average molecular weight is 253 g/mol. The molecule has 1 aliphatic rings. The summed E-state index contributed by atoms with van der Waals surface area (Å²) in [6, 6.07) is 0.680. The molecule has 0 radical (unpaired) electrons. The normalized spacial score (nSPS) is 24.3. The van der Waals surface area contributed by atoms with E-state index in [4.69, 9.17) is 4.74 Å². The number of hydrogen-bond acceptors (Lipinski definition) is 5. The first-order valence-electron chi connectivity index (χ1n) is 6.85. The van der Waals surface area contributed by atoms with Crippen LogP contribution in [0.5, 0.6) is 0 Å². The molecule has 1 aromatic heterocycles. The standard InChI is InChI=1S/C12H23N5O/c1-3-8-13-10-4-6-11(7-5-10)18-9-12-14-16-17(2)15-12/h10-11,13H,3-9H2,1-2H3. The average Bonchev–Trinajstić information content (AvgIpc) is 2.81. The van der Waals surface area contributed by atoms with Crippen LogP contribution in [0.25, 0.3) is 0 Å². The zero-order valence-electron chi connectivity index (χ0n) is 11.3. The zero-order valence-corrected chi connectivity index (χ0v) is 11.3. The highest BCUT2D eigenvalue weighted by Crippen LogP contribution is 2.21. The van der Waals surface area contributed by atoms with Crippen LogP contribution in [0.2, 0.25) is 0 Å². The lowest BCUT2D eigenvalue weighted by Crippen LogP contribution is -2.35. The highest BCUT2D eigenvalue weighted by molar-refractivity contribution is 4.79. The molecule has 0 atom stereocenters. The number of ether oxygens (including phenoxy) is 1. The number of aromatic nitrogens is 4. The molecule has 1 fully saturated rings. The molecule has 1 aliphatic carbocycles. The number of tetrazole rings is 1. The Morgan fingerprint density at radius 1 is 1.33 bits per heavy atom. The van der Waals surface area contributed by atoms with Crippen LogP contribution in [0.4, 0.5) is 0 Å². The molecule has 0 unspecified atom stereocenters. The van der Waals surface area contributed by atoms with Crippen molar-refractivity contribution < 1.29 is 4.74 Å². The summed E-state index contributed by atoms with van der Waals surface area (Å²) in [5.74, 6) is 0.670. The molecule has 6 nitrogen and oxygen atoms in total. The Hall–Kier alpha value is -1.01. The Bertz CT molecular complexity index is 346. The van der Waals surface area contributed by atoms with E-state index >= 15 is 0 Å². The maximum Gasteiger partial charge on any atom is 0.200 e. The first kappa shape index (κ1) is 13.4. The van der Waals surface area contributed by atoms with E-state index in [1.54, 1.807) is 7.05 Å². The second kappa shape index (κ2) is 6.80. The van der Waals surface area contributed by atoms with Crippen molar-refractivity contribution in [2.24, 2.45) is 7.05 Å². The Morgan fingerprint density at radius 3 is 2.72 bits per heavy atom. The molecule has 1 N–H and O–H groups in total. The number of rotatable bonds is 6. The predicted octanol–water partition coefficient (Wildman–Crippen LogP) is 1.04. The molecular formula is C12H23N5O. The summed E-state index contributed by atoms with van der Waals surface area (Å²) in [5, 5.41) is 15.4. The van der Waals surface area contributed by atoms with E-state index in [9.17, 15) is 0 Å². The minimum atomic E-state index is 0.355. The van der Waals surface area contributed by atoms with E-state index in [0.29, 0.717) is 24.6 Å². The van der Waals surface area contributed by atoms with Crippen LogP contribution in [-0.4, -0.2) is 38.9 Å². The van der Waals surface area contributed by atoms with Crippen LogP contribution in [0.1, 0.15) is 44.9 Å². The Morgan fingerprint density at radius 2 is 2.11 bits per heavy atom. The lowest BCUT2D eigenvalue weighted by atomic mass is 9.93. The third kappa shape index (κ3) is 4.03. The maximum atomic E-state index is 5.83. The predicted molar refractivity (Wildman–Crippen MR) is 67.9 cm³/mol. The Kier molecular flexibility index (Phi) is 5.07. The fraction of sp³-hybridized carbons (Fsp3) is 0.917. The van der Waals surface area contributed by atoms with Gasteiger partial charge in [-0.1, -0.05) is 6.92 Å². The van der Waals surface area contributed by atoms with E-state index < -0.39 is 0 Å². The lowest BCUT2D eigenvalue weighted by molar-refractivity contribution is 0.00809. The van der Waals surface area contributed by atoms with Crippen LogP contribution in [0.15, 0.2) is 0 Å². The molecular weight excluding hydrogens is 230 g/mol. The van der Waals surface area contributed by atoms with Gasteiger partial charge in [-0.05, 0) is 43.9 Å². The third-order valence-electron chi connectivity index (χ3n) is 3.36. The molecule has 2 rings (SSSR count). The van der Waals surface area contributed by atoms with Gasteiger partial charge in [-0.25, -0.2) is 0 Å². The molecule has 0 bridgehead atoms. The lowest BCUT2D eigenvalue weighted by Gasteiger charge is -2.28. The second-order valence-electron chi connectivity index (χ2n) is 4.93. The van der Waals surface area contributed by atoms with Crippen LogP contribution in [-0.2, 0) is 18.4 Å². The van der Waals surface area contributed by atoms with Gasteiger partial charge in [0, 0.05) is 6.04 Å². The van der Waals surface area contributed by atoms with Gasteiger partial charge in [0.2, 0.25) is 0 Å². The van der Waals surface area contributed by atoms with Crippen molar-refractivity contribution in [1.82, 2.24) is 25.5 Å². The van der Waals surface area contributed by atoms with Crippen molar-refractivity contribution in [3.8, 4) is 0 Å². The monoisotopic (exact) mass is 253 g/mol. The van der Waals surface area contributed by atoms with Gasteiger partial charge < -0.3 is 10.1 Å². The van der Waals surface area contributed by atoms with Crippen molar-refractivity contribution >= 4 is 0 Å². The Balaban J connectivity index is 1.64. The van der Waals surface area contributed by atoms with Gasteiger partial charge >= 0.3 is 0 Å². The maximum absolute atomic E-state index is 5.83. The molecule has 1 aromatic rings. The summed E-state index contributed by atoms with van der Waals surface area (Å²) in [6.07, 6.45) is 6.23. The fourth-order valence-corrected chi connectivity index (χ4v) is 2.36. The quantitative estimate of drug-likeness (QED) is 0.820. The van der Waals surface area contributed by atoms with Crippen molar-refractivity contribution in [2.75, 3.05) is 6.54 Å². The summed E-state index contributed by atoms with van der Waals surface area (Å²) >= 11 is 0. The first-order chi connectivity index (χ1) is 8.78. The zero-order chi connectivity index (χ0) is 12.8. The minimum absolute atomic E-state index is 0.355. The molecule has 0 amide bonds. The number of hydrogen-bond donors (Lipinski definition) is 1. The van der Waals surface area contributed by atoms with Gasteiger partial charge in [0.15, 0.2) is 5.82 Å². The molecule has 18 heavy (non-hydrogen) atoms. The van der Waals surface area contributed by atoms with Crippen LogP contribution >= 0.6 is 0 Å². The molecule has 6 heteroatoms. The van der Waals surface area contributed by atoms with Gasteiger partial charge in [-0.2, -0.15) is 4.80 Å². The summed E-state index contributed by atoms with van der Waals surface area (Å²) < 4.78 is 5.83. The Labute approximate surface area is 108 Å². The minimum Gasteiger partial charge on any atom is -0.370 e. The van der Waals surface area contributed by atoms with Crippen LogP contribution in [0.3, 0.4) is 0 Å². The van der Waals surface area contributed by atoms with E-state index in [1.165, 1.54) is 24.1 Å². The fourth-order valence-electron chi connectivity index (χ4n) is 2.36. The first-order valence-corrected chi connectivity index (χ1v) is 6.85. The van der Waals surface area contributed by atoms with E-state index in [2.05, 4.69) is 27.7 Å². The molecule has 0 saturated heterocycles. The van der Waals surface area contributed by atoms with Gasteiger partial charge in [-0.15, -0.1) is 10.2 Å².